The number of rotatable bonds is 5. The summed E-state index contributed by atoms with van der Waals surface area (Å²) in [7, 11) is 5.04. The van der Waals surface area contributed by atoms with Crippen molar-refractivity contribution in [2.24, 2.45) is 0 Å². The van der Waals surface area contributed by atoms with Crippen LogP contribution in [-0.4, -0.2) is 10.6 Å². The summed E-state index contributed by atoms with van der Waals surface area (Å²) in [5.74, 6) is 0.375. The Labute approximate surface area is 185 Å². The van der Waals surface area contributed by atoms with E-state index in [2.05, 4.69) is 54.3 Å². The molecular weight excluding hydrogens is 421 g/mol. The van der Waals surface area contributed by atoms with Crippen LogP contribution in [0.15, 0.2) is 72.8 Å². The zero-order valence-corrected chi connectivity index (χ0v) is 19.7. The Morgan fingerprint density at radius 1 is 0.857 bits per heavy atom. The van der Waals surface area contributed by atoms with E-state index in [1.807, 2.05) is 48.5 Å². The Morgan fingerprint density at radius 3 is 2.14 bits per heavy atom. The SMILES string of the molecule is CC(C)(C)[N-]Cc1ccccc1Pc1cccc(-c2ccccc2)c1O.[Cl][Ti+]. The molecule has 0 spiro atoms. The van der Waals surface area contributed by atoms with Crippen molar-refractivity contribution >= 4 is 28.5 Å². The molecule has 28 heavy (non-hydrogen) atoms. The van der Waals surface area contributed by atoms with Gasteiger partial charge in [-0.15, -0.1) is 12.1 Å². The molecule has 5 heteroatoms. The standard InChI is InChI=1S/C23H25NOP.ClH.Ti/c1-23(2,3)24-16-18-12-7-8-14-20(18)26-21-15-9-13-19(22(21)25)17-10-5-4-6-11-17;;/h4-15,25-26H,16H2,1-3H3;1H;/q-1;;+2/p-1. The van der Waals surface area contributed by atoms with Gasteiger partial charge in [-0.1, -0.05) is 108 Å². The fourth-order valence-corrected chi connectivity index (χ4v) is 3.97. The van der Waals surface area contributed by atoms with Crippen molar-refractivity contribution in [1.29, 1.82) is 0 Å². The third-order valence-corrected chi connectivity index (χ3v) is 5.56. The summed E-state index contributed by atoms with van der Waals surface area (Å²) in [6.45, 7) is 7.05. The molecule has 2 nitrogen and oxygen atoms in total. The van der Waals surface area contributed by atoms with E-state index in [0.717, 1.165) is 16.4 Å². The van der Waals surface area contributed by atoms with Gasteiger partial charge < -0.3 is 10.4 Å². The van der Waals surface area contributed by atoms with Crippen molar-refractivity contribution in [2.75, 3.05) is 0 Å². The van der Waals surface area contributed by atoms with Crippen molar-refractivity contribution in [1.82, 2.24) is 0 Å². The molecule has 3 rings (SSSR count). The van der Waals surface area contributed by atoms with Crippen LogP contribution in [0.3, 0.4) is 0 Å². The van der Waals surface area contributed by atoms with Gasteiger partial charge in [-0.2, -0.15) is 0 Å². The Morgan fingerprint density at radius 2 is 1.46 bits per heavy atom. The third kappa shape index (κ3) is 6.73. The molecular formula is C23H25ClNOPTi. The van der Waals surface area contributed by atoms with Gasteiger partial charge in [-0.05, 0) is 10.9 Å². The molecule has 1 unspecified atom stereocenters. The van der Waals surface area contributed by atoms with Crippen LogP contribution in [0.25, 0.3) is 16.4 Å². The summed E-state index contributed by atoms with van der Waals surface area (Å²) in [6, 6.07) is 24.4. The second-order valence-corrected chi connectivity index (χ2v) is 8.66. The van der Waals surface area contributed by atoms with Gasteiger partial charge in [0.1, 0.15) is 5.75 Å². The van der Waals surface area contributed by atoms with Gasteiger partial charge in [-0.25, -0.2) is 0 Å². The van der Waals surface area contributed by atoms with E-state index in [9.17, 15) is 5.11 Å². The summed E-state index contributed by atoms with van der Waals surface area (Å²) < 4.78 is 0. The van der Waals surface area contributed by atoms with Crippen LogP contribution in [0, 0.1) is 0 Å². The number of phenolic OH excluding ortho intramolecular Hbond substituents is 1. The first-order valence-corrected chi connectivity index (χ1v) is 12.2. The quantitative estimate of drug-likeness (QED) is 0.376. The Hall–Kier alpha value is -1.15. The number of nitrogens with zero attached hydrogens (tertiary/aromatic N) is 1. The molecule has 0 heterocycles. The molecule has 0 fully saturated rings. The number of hydrogen-bond donors (Lipinski definition) is 1. The second-order valence-electron chi connectivity index (χ2n) is 7.34. The van der Waals surface area contributed by atoms with Crippen LogP contribution < -0.4 is 10.6 Å². The van der Waals surface area contributed by atoms with Crippen LogP contribution in [0.2, 0.25) is 0 Å². The van der Waals surface area contributed by atoms with E-state index >= 15 is 0 Å². The van der Waals surface area contributed by atoms with Gasteiger partial charge in [0.2, 0.25) is 0 Å². The first-order chi connectivity index (χ1) is 13.4. The fourth-order valence-electron chi connectivity index (χ4n) is 2.74. The summed E-state index contributed by atoms with van der Waals surface area (Å²) in [6.07, 6.45) is 0. The second kappa shape index (κ2) is 11.1. The van der Waals surface area contributed by atoms with Gasteiger partial charge in [-0.3, -0.25) is 0 Å². The molecule has 0 amide bonds. The molecule has 0 aliphatic heterocycles. The minimum absolute atomic E-state index is 0.0500. The van der Waals surface area contributed by atoms with E-state index in [-0.39, 0.29) is 5.54 Å². The Balaban J connectivity index is 0.00000136. The predicted octanol–water partition coefficient (Wildman–Crippen LogP) is 6.05. The normalized spacial score (nSPS) is 11.2. The van der Waals surface area contributed by atoms with Crippen LogP contribution >= 0.6 is 17.9 Å². The molecule has 3 aromatic rings. The third-order valence-electron chi connectivity index (χ3n) is 4.13. The van der Waals surface area contributed by atoms with Crippen LogP contribution in [0.4, 0.5) is 0 Å². The van der Waals surface area contributed by atoms with E-state index in [0.29, 0.717) is 20.9 Å². The molecule has 0 saturated carbocycles. The number of para-hydroxylation sites is 1. The van der Waals surface area contributed by atoms with Gasteiger partial charge in [0.15, 0.2) is 0 Å². The summed E-state index contributed by atoms with van der Waals surface area (Å²) >= 11 is 1.47. The average molecular weight is 446 g/mol. The first kappa shape index (κ1) is 23.1. The van der Waals surface area contributed by atoms with E-state index in [4.69, 9.17) is 5.32 Å². The predicted molar refractivity (Wildman–Crippen MR) is 120 cm³/mol. The van der Waals surface area contributed by atoms with Crippen molar-refractivity contribution < 1.29 is 24.5 Å². The minimum atomic E-state index is -0.0500. The summed E-state index contributed by atoms with van der Waals surface area (Å²) in [5, 5.41) is 17.8. The molecule has 3 aromatic carbocycles. The van der Waals surface area contributed by atoms with Gasteiger partial charge >= 0.3 is 28.7 Å². The number of halogens is 1. The molecule has 0 saturated heterocycles. The molecule has 0 aliphatic rings. The van der Waals surface area contributed by atoms with Gasteiger partial charge in [0.25, 0.3) is 0 Å². The maximum atomic E-state index is 10.8. The summed E-state index contributed by atoms with van der Waals surface area (Å²) in [5.41, 5.74) is 3.09. The first-order valence-electron chi connectivity index (χ1n) is 9.04. The molecule has 1 atom stereocenters. The van der Waals surface area contributed by atoms with Crippen LogP contribution in [-0.2, 0) is 25.9 Å². The topological polar surface area (TPSA) is 34.3 Å². The maximum absolute atomic E-state index is 10.8. The fraction of sp³-hybridized carbons (Fsp3) is 0.217. The van der Waals surface area contributed by atoms with Crippen molar-refractivity contribution in [3.63, 3.8) is 0 Å². The zero-order valence-electron chi connectivity index (χ0n) is 16.4. The zero-order chi connectivity index (χ0) is 20.6. The number of benzene rings is 3. The number of aromatic hydroxyl groups is 1. The molecule has 0 radical (unpaired) electrons. The molecule has 0 aliphatic carbocycles. The molecule has 1 N–H and O–H groups in total. The van der Waals surface area contributed by atoms with Gasteiger partial charge in [0.05, 0.1) is 0 Å². The van der Waals surface area contributed by atoms with Gasteiger partial charge in [0, 0.05) is 10.9 Å². The Kier molecular flexibility index (Phi) is 9.21. The van der Waals surface area contributed by atoms with Crippen molar-refractivity contribution in [2.45, 2.75) is 32.9 Å². The summed E-state index contributed by atoms with van der Waals surface area (Å²) in [4.78, 5) is 0. The average Bonchev–Trinajstić information content (AvgIpc) is 2.70. The Bertz CT molecular complexity index is 881. The van der Waals surface area contributed by atoms with Crippen LogP contribution in [0.5, 0.6) is 5.75 Å². The number of phenols is 1. The van der Waals surface area contributed by atoms with E-state index in [1.165, 1.54) is 30.2 Å². The number of hydrogen-bond acceptors (Lipinski definition) is 1. The van der Waals surface area contributed by atoms with E-state index < -0.39 is 0 Å². The van der Waals surface area contributed by atoms with Crippen molar-refractivity contribution in [3.8, 4) is 16.9 Å². The van der Waals surface area contributed by atoms with E-state index in [1.54, 1.807) is 0 Å². The monoisotopic (exact) mass is 445 g/mol. The molecule has 0 aromatic heterocycles. The molecule has 0 bridgehead atoms. The van der Waals surface area contributed by atoms with Crippen molar-refractivity contribution in [3.05, 3.63) is 83.7 Å². The van der Waals surface area contributed by atoms with Crippen LogP contribution in [0.1, 0.15) is 26.3 Å². The molecule has 144 valence electrons.